The zero-order valence-electron chi connectivity index (χ0n) is 13.1. The van der Waals surface area contributed by atoms with E-state index in [1.807, 2.05) is 18.2 Å². The van der Waals surface area contributed by atoms with E-state index in [1.54, 1.807) is 4.90 Å². The molecule has 2 N–H and O–H groups in total. The Labute approximate surface area is 134 Å². The number of hydrogen-bond donors (Lipinski definition) is 2. The molecule has 2 rings (SSSR count). The summed E-state index contributed by atoms with van der Waals surface area (Å²) in [6.07, 6.45) is 0.907. The Hall–Kier alpha value is -2.57. The number of amides is 3. The summed E-state index contributed by atoms with van der Waals surface area (Å²) in [6.45, 7) is 1.07. The molecule has 0 saturated carbocycles. The fraction of sp³-hybridized carbons (Fsp3) is 0.438. The first-order valence-corrected chi connectivity index (χ1v) is 7.52. The molecule has 0 aliphatic carbocycles. The molecule has 7 heteroatoms. The van der Waals surface area contributed by atoms with Crippen LogP contribution in [0, 0.1) is 0 Å². The lowest BCUT2D eigenvalue weighted by Crippen LogP contribution is -2.44. The van der Waals surface area contributed by atoms with Crippen LogP contribution in [-0.4, -0.2) is 59.5 Å². The van der Waals surface area contributed by atoms with E-state index in [1.165, 1.54) is 12.6 Å². The molecular formula is C16H21N3O4. The molecule has 3 amide bonds. The average Bonchev–Trinajstić information content (AvgIpc) is 2.53. The van der Waals surface area contributed by atoms with E-state index in [2.05, 4.69) is 11.4 Å². The smallest absolute Gasteiger partial charge is 0.323 e. The van der Waals surface area contributed by atoms with Crippen molar-refractivity contribution in [3.63, 3.8) is 0 Å². The lowest BCUT2D eigenvalue weighted by Gasteiger charge is -2.29. The minimum Gasteiger partial charge on any atom is -0.480 e. The second kappa shape index (κ2) is 7.62. The van der Waals surface area contributed by atoms with Gasteiger partial charge in [0.1, 0.15) is 6.54 Å². The van der Waals surface area contributed by atoms with Gasteiger partial charge in [-0.2, -0.15) is 0 Å². The van der Waals surface area contributed by atoms with Gasteiger partial charge in [-0.25, -0.2) is 4.79 Å². The Morgan fingerprint density at radius 3 is 2.65 bits per heavy atom. The number of carbonyl (C=O) groups is 3. The summed E-state index contributed by atoms with van der Waals surface area (Å²) in [5, 5.41) is 11.3. The summed E-state index contributed by atoms with van der Waals surface area (Å²) >= 11 is 0. The molecule has 1 heterocycles. The summed E-state index contributed by atoms with van der Waals surface area (Å²) < 4.78 is 0. The van der Waals surface area contributed by atoms with Gasteiger partial charge in [0, 0.05) is 33.1 Å². The van der Waals surface area contributed by atoms with Crippen LogP contribution in [0.15, 0.2) is 24.3 Å². The number of benzene rings is 1. The highest BCUT2D eigenvalue weighted by molar-refractivity contribution is 5.82. The molecule has 1 aliphatic rings. The molecular weight excluding hydrogens is 298 g/mol. The Balaban J connectivity index is 1.76. The maximum atomic E-state index is 12.1. The highest BCUT2D eigenvalue weighted by Crippen LogP contribution is 2.18. The van der Waals surface area contributed by atoms with Gasteiger partial charge in [-0.1, -0.05) is 24.3 Å². The van der Waals surface area contributed by atoms with Crippen molar-refractivity contribution in [2.45, 2.75) is 19.4 Å². The number of carboxylic acid groups (broad SMARTS) is 1. The molecule has 124 valence electrons. The highest BCUT2D eigenvalue weighted by atomic mass is 16.4. The van der Waals surface area contributed by atoms with Gasteiger partial charge < -0.3 is 20.2 Å². The molecule has 1 aromatic carbocycles. The van der Waals surface area contributed by atoms with Gasteiger partial charge in [-0.3, -0.25) is 9.59 Å². The van der Waals surface area contributed by atoms with Crippen LogP contribution in [0.5, 0.6) is 0 Å². The highest BCUT2D eigenvalue weighted by Gasteiger charge is 2.20. The quantitative estimate of drug-likeness (QED) is 0.835. The molecule has 0 aromatic heterocycles. The number of carboxylic acids is 1. The van der Waals surface area contributed by atoms with Gasteiger partial charge in [-0.15, -0.1) is 0 Å². The largest absolute Gasteiger partial charge is 0.480 e. The maximum Gasteiger partial charge on any atom is 0.323 e. The van der Waals surface area contributed by atoms with Crippen molar-refractivity contribution >= 4 is 17.9 Å². The predicted octanol–water partition coefficient (Wildman–Crippen LogP) is 0.687. The minimum absolute atomic E-state index is 0.0833. The zero-order chi connectivity index (χ0) is 16.8. The minimum atomic E-state index is -1.06. The number of likely N-dealkylation sites (N-methyl/N-ethyl adjacent to an activating group) is 1. The van der Waals surface area contributed by atoms with Gasteiger partial charge in [-0.05, 0) is 17.5 Å². The fourth-order valence-corrected chi connectivity index (χ4v) is 2.54. The molecule has 0 fully saturated rings. The van der Waals surface area contributed by atoms with E-state index in [0.717, 1.165) is 16.9 Å². The number of carbonyl (C=O) groups excluding carboxylic acids is 2. The average molecular weight is 319 g/mol. The second-order valence-corrected chi connectivity index (χ2v) is 5.57. The lowest BCUT2D eigenvalue weighted by atomic mass is 10.0. The predicted molar refractivity (Wildman–Crippen MR) is 83.8 cm³/mol. The van der Waals surface area contributed by atoms with Crippen molar-refractivity contribution in [3.8, 4) is 0 Å². The monoisotopic (exact) mass is 319 g/mol. The van der Waals surface area contributed by atoms with Gasteiger partial charge in [0.25, 0.3) is 0 Å². The molecule has 0 spiro atoms. The van der Waals surface area contributed by atoms with Gasteiger partial charge in [0.05, 0.1) is 0 Å². The number of nitrogens with one attached hydrogen (secondary N) is 1. The van der Waals surface area contributed by atoms with E-state index in [0.29, 0.717) is 13.1 Å². The van der Waals surface area contributed by atoms with Crippen LogP contribution in [-0.2, 0) is 22.6 Å². The van der Waals surface area contributed by atoms with Crippen molar-refractivity contribution in [2.75, 3.05) is 26.7 Å². The summed E-state index contributed by atoms with van der Waals surface area (Å²) in [5.74, 6) is -1.37. The molecule has 7 nitrogen and oxygen atoms in total. The number of fused-ring (bicyclic) bond motifs is 1. The molecule has 1 aliphatic heterocycles. The van der Waals surface area contributed by atoms with E-state index >= 15 is 0 Å². The zero-order valence-corrected chi connectivity index (χ0v) is 13.1. The Morgan fingerprint density at radius 2 is 1.96 bits per heavy atom. The Bertz CT molecular complexity index is 603. The van der Waals surface area contributed by atoms with Crippen molar-refractivity contribution in [2.24, 2.45) is 0 Å². The molecule has 0 bridgehead atoms. The van der Waals surface area contributed by atoms with E-state index in [-0.39, 0.29) is 31.4 Å². The third kappa shape index (κ3) is 4.70. The maximum absolute atomic E-state index is 12.1. The van der Waals surface area contributed by atoms with Gasteiger partial charge >= 0.3 is 12.0 Å². The van der Waals surface area contributed by atoms with Crippen LogP contribution < -0.4 is 5.32 Å². The van der Waals surface area contributed by atoms with Crippen LogP contribution in [0.2, 0.25) is 0 Å². The summed E-state index contributed by atoms with van der Waals surface area (Å²) in [4.78, 5) is 37.2. The third-order valence-electron chi connectivity index (χ3n) is 3.83. The van der Waals surface area contributed by atoms with Crippen LogP contribution in [0.4, 0.5) is 4.79 Å². The number of aliphatic carboxylic acids is 1. The number of nitrogens with zero attached hydrogens (tertiary/aromatic N) is 2. The lowest BCUT2D eigenvalue weighted by molar-refractivity contribution is -0.143. The first kappa shape index (κ1) is 16.8. The summed E-state index contributed by atoms with van der Waals surface area (Å²) in [7, 11) is 1.43. The Kier molecular flexibility index (Phi) is 5.56. The number of rotatable bonds is 5. The van der Waals surface area contributed by atoms with Crippen LogP contribution in [0.25, 0.3) is 0 Å². The van der Waals surface area contributed by atoms with Crippen molar-refractivity contribution < 1.29 is 19.5 Å². The number of hydrogen-bond acceptors (Lipinski definition) is 3. The van der Waals surface area contributed by atoms with E-state index in [9.17, 15) is 14.4 Å². The first-order valence-electron chi connectivity index (χ1n) is 7.52. The fourth-order valence-electron chi connectivity index (χ4n) is 2.54. The molecule has 0 unspecified atom stereocenters. The number of urea groups is 1. The molecule has 0 radical (unpaired) electrons. The van der Waals surface area contributed by atoms with E-state index in [4.69, 9.17) is 5.11 Å². The Morgan fingerprint density at radius 1 is 1.26 bits per heavy atom. The van der Waals surface area contributed by atoms with Crippen LogP contribution >= 0.6 is 0 Å². The van der Waals surface area contributed by atoms with E-state index < -0.39 is 5.97 Å². The SMILES string of the molecule is CN(CC(=O)O)C(=O)CCNC(=O)N1CCc2ccccc2C1. The van der Waals surface area contributed by atoms with Gasteiger partial charge in [0.2, 0.25) is 5.91 Å². The van der Waals surface area contributed by atoms with Crippen LogP contribution in [0.3, 0.4) is 0 Å². The van der Waals surface area contributed by atoms with Crippen molar-refractivity contribution in [1.82, 2.24) is 15.1 Å². The summed E-state index contributed by atoms with van der Waals surface area (Å²) in [6, 6.07) is 7.83. The normalized spacial score (nSPS) is 13.2. The molecule has 23 heavy (non-hydrogen) atoms. The molecule has 0 atom stereocenters. The van der Waals surface area contributed by atoms with Gasteiger partial charge in [0.15, 0.2) is 0 Å². The topological polar surface area (TPSA) is 90.0 Å². The van der Waals surface area contributed by atoms with Crippen molar-refractivity contribution in [3.05, 3.63) is 35.4 Å². The molecule has 0 saturated heterocycles. The first-order chi connectivity index (χ1) is 11.0. The van der Waals surface area contributed by atoms with Crippen LogP contribution in [0.1, 0.15) is 17.5 Å². The third-order valence-corrected chi connectivity index (χ3v) is 3.83. The van der Waals surface area contributed by atoms with Crippen molar-refractivity contribution in [1.29, 1.82) is 0 Å². The summed E-state index contributed by atoms with van der Waals surface area (Å²) in [5.41, 5.74) is 2.41. The standard InChI is InChI=1S/C16H21N3O4/c1-18(11-15(21)22)14(20)6-8-17-16(23)19-9-7-12-4-2-3-5-13(12)10-19/h2-5H,6-11H2,1H3,(H,17,23)(H,21,22). The molecule has 1 aromatic rings. The second-order valence-electron chi connectivity index (χ2n) is 5.57.